The maximum absolute atomic E-state index is 13.5. The van der Waals surface area contributed by atoms with Gasteiger partial charge < -0.3 is 10.8 Å². The van der Waals surface area contributed by atoms with Crippen molar-refractivity contribution in [3.8, 4) is 0 Å². The number of hydrogen-bond acceptors (Lipinski definition) is 2. The Morgan fingerprint density at radius 2 is 2.13 bits per heavy atom. The second kappa shape index (κ2) is 4.40. The first-order chi connectivity index (χ1) is 6.93. The van der Waals surface area contributed by atoms with E-state index in [1.165, 1.54) is 0 Å². The quantitative estimate of drug-likeness (QED) is 0.794. The summed E-state index contributed by atoms with van der Waals surface area (Å²) in [6.07, 6.45) is 0.151. The first-order valence-corrected chi connectivity index (χ1v) is 4.66. The molecule has 1 aromatic carbocycles. The molecule has 0 saturated carbocycles. The summed E-state index contributed by atoms with van der Waals surface area (Å²) >= 11 is 0. The van der Waals surface area contributed by atoms with Crippen molar-refractivity contribution in [3.63, 3.8) is 0 Å². The maximum Gasteiger partial charge on any atom is 0.320 e. The predicted octanol–water partition coefficient (Wildman–Crippen LogP) is 1.40. The molecule has 0 aromatic heterocycles. The molecule has 15 heavy (non-hydrogen) atoms. The average molecular weight is 211 g/mol. The molecule has 0 radical (unpaired) electrons. The Bertz CT molecular complexity index is 390. The lowest BCUT2D eigenvalue weighted by molar-refractivity contribution is -0.138. The van der Waals surface area contributed by atoms with Gasteiger partial charge in [-0.15, -0.1) is 0 Å². The SMILES string of the molecule is Cc1ccc(CC(N)C(=O)O)c(C)c1F. The molecule has 0 heterocycles. The van der Waals surface area contributed by atoms with E-state index in [1.807, 2.05) is 0 Å². The maximum atomic E-state index is 13.5. The Labute approximate surface area is 87.7 Å². The van der Waals surface area contributed by atoms with Gasteiger partial charge in [-0.2, -0.15) is 0 Å². The van der Waals surface area contributed by atoms with Crippen LogP contribution < -0.4 is 5.73 Å². The molecule has 82 valence electrons. The monoisotopic (exact) mass is 211 g/mol. The molecule has 0 aliphatic heterocycles. The average Bonchev–Trinajstić information content (AvgIpc) is 2.18. The number of carbonyl (C=O) groups is 1. The molecule has 0 bridgehead atoms. The summed E-state index contributed by atoms with van der Waals surface area (Å²) in [6.45, 7) is 3.30. The lowest BCUT2D eigenvalue weighted by Gasteiger charge is -2.11. The van der Waals surface area contributed by atoms with Crippen LogP contribution in [0.2, 0.25) is 0 Å². The lowest BCUT2D eigenvalue weighted by atomic mass is 9.99. The second-order valence-corrected chi connectivity index (χ2v) is 3.63. The second-order valence-electron chi connectivity index (χ2n) is 3.63. The topological polar surface area (TPSA) is 63.3 Å². The smallest absolute Gasteiger partial charge is 0.320 e. The summed E-state index contributed by atoms with van der Waals surface area (Å²) in [7, 11) is 0. The van der Waals surface area contributed by atoms with E-state index in [4.69, 9.17) is 10.8 Å². The van der Waals surface area contributed by atoms with E-state index in [9.17, 15) is 9.18 Å². The molecule has 1 atom stereocenters. The van der Waals surface area contributed by atoms with Gasteiger partial charge in [0.1, 0.15) is 11.9 Å². The van der Waals surface area contributed by atoms with Gasteiger partial charge in [-0.1, -0.05) is 12.1 Å². The summed E-state index contributed by atoms with van der Waals surface area (Å²) < 4.78 is 13.5. The molecule has 0 aliphatic carbocycles. The normalized spacial score (nSPS) is 12.5. The van der Waals surface area contributed by atoms with E-state index < -0.39 is 12.0 Å². The molecule has 0 spiro atoms. The highest BCUT2D eigenvalue weighted by atomic mass is 19.1. The molecular weight excluding hydrogens is 197 g/mol. The van der Waals surface area contributed by atoms with Crippen molar-refractivity contribution in [2.24, 2.45) is 5.73 Å². The fourth-order valence-corrected chi connectivity index (χ4v) is 1.41. The van der Waals surface area contributed by atoms with Crippen molar-refractivity contribution in [2.75, 3.05) is 0 Å². The predicted molar refractivity (Wildman–Crippen MR) is 55.2 cm³/mol. The fourth-order valence-electron chi connectivity index (χ4n) is 1.41. The van der Waals surface area contributed by atoms with E-state index in [0.717, 1.165) is 0 Å². The summed E-state index contributed by atoms with van der Waals surface area (Å²) in [5, 5.41) is 8.64. The van der Waals surface area contributed by atoms with Crippen LogP contribution in [-0.4, -0.2) is 17.1 Å². The Kier molecular flexibility index (Phi) is 3.42. The summed E-state index contributed by atoms with van der Waals surface area (Å²) in [6, 6.07) is 2.37. The van der Waals surface area contributed by atoms with Crippen molar-refractivity contribution in [2.45, 2.75) is 26.3 Å². The van der Waals surface area contributed by atoms with Crippen molar-refractivity contribution in [1.82, 2.24) is 0 Å². The molecule has 0 saturated heterocycles. The third-order valence-electron chi connectivity index (χ3n) is 2.45. The summed E-state index contributed by atoms with van der Waals surface area (Å²) in [5.74, 6) is -1.36. The molecule has 3 N–H and O–H groups in total. The third-order valence-corrected chi connectivity index (χ3v) is 2.45. The van der Waals surface area contributed by atoms with Gasteiger partial charge in [-0.05, 0) is 37.0 Å². The molecule has 0 amide bonds. The van der Waals surface area contributed by atoms with Gasteiger partial charge in [0.15, 0.2) is 0 Å². The fraction of sp³-hybridized carbons (Fsp3) is 0.364. The van der Waals surface area contributed by atoms with Gasteiger partial charge in [0.2, 0.25) is 0 Å². The van der Waals surface area contributed by atoms with E-state index >= 15 is 0 Å². The summed E-state index contributed by atoms with van der Waals surface area (Å²) in [5.41, 5.74) is 7.06. The van der Waals surface area contributed by atoms with Gasteiger partial charge in [-0.3, -0.25) is 4.79 Å². The Hall–Kier alpha value is -1.42. The highest BCUT2D eigenvalue weighted by Gasteiger charge is 2.15. The first-order valence-electron chi connectivity index (χ1n) is 4.66. The number of aryl methyl sites for hydroxylation is 1. The van der Waals surface area contributed by atoms with E-state index in [1.54, 1.807) is 26.0 Å². The molecule has 1 aromatic rings. The highest BCUT2D eigenvalue weighted by Crippen LogP contribution is 2.17. The molecule has 1 rings (SSSR count). The Morgan fingerprint density at radius 1 is 1.53 bits per heavy atom. The van der Waals surface area contributed by atoms with Crippen molar-refractivity contribution < 1.29 is 14.3 Å². The zero-order valence-corrected chi connectivity index (χ0v) is 8.75. The van der Waals surface area contributed by atoms with Crippen LogP contribution in [0.1, 0.15) is 16.7 Å². The van der Waals surface area contributed by atoms with Gasteiger partial charge in [0, 0.05) is 0 Å². The van der Waals surface area contributed by atoms with Crippen LogP contribution in [0.5, 0.6) is 0 Å². The van der Waals surface area contributed by atoms with Crippen LogP contribution in [0, 0.1) is 19.7 Å². The van der Waals surface area contributed by atoms with Crippen molar-refractivity contribution in [1.29, 1.82) is 0 Å². The number of hydrogen-bond donors (Lipinski definition) is 2. The van der Waals surface area contributed by atoms with Crippen molar-refractivity contribution in [3.05, 3.63) is 34.6 Å². The van der Waals surface area contributed by atoms with Gasteiger partial charge >= 0.3 is 5.97 Å². The molecule has 0 fully saturated rings. The van der Waals surface area contributed by atoms with E-state index in [2.05, 4.69) is 0 Å². The molecule has 1 unspecified atom stereocenters. The minimum Gasteiger partial charge on any atom is -0.480 e. The number of halogens is 1. The van der Waals surface area contributed by atoms with Crippen LogP contribution in [-0.2, 0) is 11.2 Å². The van der Waals surface area contributed by atoms with Gasteiger partial charge in [-0.25, -0.2) is 4.39 Å². The number of rotatable bonds is 3. The van der Waals surface area contributed by atoms with E-state index in [-0.39, 0.29) is 12.2 Å². The minimum atomic E-state index is -1.07. The van der Waals surface area contributed by atoms with Crippen LogP contribution >= 0.6 is 0 Å². The van der Waals surface area contributed by atoms with Crippen LogP contribution in [0.4, 0.5) is 4.39 Å². The largest absolute Gasteiger partial charge is 0.480 e. The first kappa shape index (κ1) is 11.7. The zero-order valence-electron chi connectivity index (χ0n) is 8.75. The number of benzene rings is 1. The Morgan fingerprint density at radius 3 is 2.67 bits per heavy atom. The van der Waals surface area contributed by atoms with Crippen LogP contribution in [0.15, 0.2) is 12.1 Å². The zero-order chi connectivity index (χ0) is 11.6. The van der Waals surface area contributed by atoms with Gasteiger partial charge in [0.05, 0.1) is 0 Å². The number of aliphatic carboxylic acids is 1. The number of carboxylic acids is 1. The minimum absolute atomic E-state index is 0.151. The van der Waals surface area contributed by atoms with Gasteiger partial charge in [0.25, 0.3) is 0 Å². The third kappa shape index (κ3) is 2.53. The molecule has 3 nitrogen and oxygen atoms in total. The number of carboxylic acid groups (broad SMARTS) is 1. The molecule has 0 aliphatic rings. The summed E-state index contributed by atoms with van der Waals surface area (Å²) in [4.78, 5) is 10.5. The molecule has 4 heteroatoms. The lowest BCUT2D eigenvalue weighted by Crippen LogP contribution is -2.32. The van der Waals surface area contributed by atoms with Crippen LogP contribution in [0.25, 0.3) is 0 Å². The Balaban J connectivity index is 2.97. The van der Waals surface area contributed by atoms with Crippen LogP contribution in [0.3, 0.4) is 0 Å². The molecular formula is C11H14FNO2. The highest BCUT2D eigenvalue weighted by molar-refractivity contribution is 5.73. The van der Waals surface area contributed by atoms with E-state index in [0.29, 0.717) is 16.7 Å². The van der Waals surface area contributed by atoms with Crippen molar-refractivity contribution >= 4 is 5.97 Å². The number of nitrogens with two attached hydrogens (primary N) is 1. The standard InChI is InChI=1S/C11H14FNO2/c1-6-3-4-8(7(2)10(6)12)5-9(13)11(14)15/h3-4,9H,5,13H2,1-2H3,(H,14,15).